The summed E-state index contributed by atoms with van der Waals surface area (Å²) in [7, 11) is 0. The molecule has 0 saturated carbocycles. The van der Waals surface area contributed by atoms with Gasteiger partial charge in [0.05, 0.1) is 8.81 Å². The predicted octanol–water partition coefficient (Wildman–Crippen LogP) is 4.87. The highest BCUT2D eigenvalue weighted by molar-refractivity contribution is 9.11. The number of thiophene rings is 1. The maximum Gasteiger partial charge on any atom is 0.0887 e. The molecule has 1 rings (SSSR count). The maximum absolute atomic E-state index is 5.98. The third-order valence-corrected chi connectivity index (χ3v) is 4.88. The molecule has 0 aliphatic rings. The molecule has 1 aromatic heterocycles. The molecule has 0 unspecified atom stereocenters. The van der Waals surface area contributed by atoms with E-state index in [0.29, 0.717) is 6.04 Å². The van der Waals surface area contributed by atoms with Crippen molar-refractivity contribution >= 4 is 38.9 Å². The van der Waals surface area contributed by atoms with Gasteiger partial charge in [-0.2, -0.15) is 0 Å². The van der Waals surface area contributed by atoms with Crippen molar-refractivity contribution in [3.63, 3.8) is 0 Å². The Balaban J connectivity index is 2.07. The lowest BCUT2D eigenvalue weighted by Crippen LogP contribution is -2.23. The topological polar surface area (TPSA) is 12.0 Å². The van der Waals surface area contributed by atoms with Gasteiger partial charge in [-0.25, -0.2) is 0 Å². The average Bonchev–Trinajstić information content (AvgIpc) is 2.52. The van der Waals surface area contributed by atoms with Gasteiger partial charge >= 0.3 is 0 Å². The quantitative estimate of drug-likeness (QED) is 0.705. The minimum Gasteiger partial charge on any atom is -0.315 e. The molecular formula is C12H19BrClNS. The van der Waals surface area contributed by atoms with Crippen LogP contribution in [0.4, 0.5) is 0 Å². The van der Waals surface area contributed by atoms with Gasteiger partial charge < -0.3 is 5.32 Å². The van der Waals surface area contributed by atoms with Gasteiger partial charge in [0.2, 0.25) is 0 Å². The molecule has 0 spiro atoms. The summed E-state index contributed by atoms with van der Waals surface area (Å²) in [5.41, 5.74) is 0. The van der Waals surface area contributed by atoms with Crippen LogP contribution in [-0.4, -0.2) is 12.6 Å². The van der Waals surface area contributed by atoms with Crippen LogP contribution < -0.4 is 5.32 Å². The highest BCUT2D eigenvalue weighted by atomic mass is 79.9. The molecule has 1 aromatic rings. The van der Waals surface area contributed by atoms with E-state index in [9.17, 15) is 0 Å². The fourth-order valence-corrected chi connectivity index (χ4v) is 3.37. The van der Waals surface area contributed by atoms with Gasteiger partial charge in [-0.3, -0.25) is 0 Å². The summed E-state index contributed by atoms with van der Waals surface area (Å²) < 4.78 is 1.06. The number of hydrogen-bond donors (Lipinski definition) is 1. The van der Waals surface area contributed by atoms with Crippen molar-refractivity contribution in [2.75, 3.05) is 6.54 Å². The fraction of sp³-hybridized carbons (Fsp3) is 0.667. The van der Waals surface area contributed by atoms with Crippen molar-refractivity contribution in [1.29, 1.82) is 0 Å². The molecular weight excluding hydrogens is 306 g/mol. The number of rotatable bonds is 7. The van der Waals surface area contributed by atoms with Crippen LogP contribution in [-0.2, 0) is 6.42 Å². The molecule has 0 radical (unpaired) electrons. The zero-order valence-electron chi connectivity index (χ0n) is 9.85. The summed E-state index contributed by atoms with van der Waals surface area (Å²) in [4.78, 5) is 1.38. The Morgan fingerprint density at radius 3 is 2.69 bits per heavy atom. The van der Waals surface area contributed by atoms with Gasteiger partial charge in [0.15, 0.2) is 0 Å². The summed E-state index contributed by atoms with van der Waals surface area (Å²) in [6.45, 7) is 5.50. The Hall–Kier alpha value is 0.430. The Kier molecular flexibility index (Phi) is 6.97. The van der Waals surface area contributed by atoms with Crippen molar-refractivity contribution in [3.8, 4) is 0 Å². The molecule has 0 saturated heterocycles. The second-order valence-electron chi connectivity index (χ2n) is 4.25. The summed E-state index contributed by atoms with van der Waals surface area (Å²) >= 11 is 11.2. The Bertz CT molecular complexity index is 292. The van der Waals surface area contributed by atoms with E-state index >= 15 is 0 Å². The molecule has 0 atom stereocenters. The molecule has 0 aromatic carbocycles. The van der Waals surface area contributed by atoms with E-state index in [1.807, 2.05) is 0 Å². The van der Waals surface area contributed by atoms with Gasteiger partial charge in [-0.1, -0.05) is 31.9 Å². The number of aryl methyl sites for hydroxylation is 1. The number of hydrogen-bond acceptors (Lipinski definition) is 2. The van der Waals surface area contributed by atoms with Crippen molar-refractivity contribution < 1.29 is 0 Å². The van der Waals surface area contributed by atoms with E-state index in [-0.39, 0.29) is 0 Å². The van der Waals surface area contributed by atoms with E-state index in [4.69, 9.17) is 11.6 Å². The molecule has 1 heterocycles. The zero-order chi connectivity index (χ0) is 12.0. The lowest BCUT2D eigenvalue weighted by Gasteiger charge is -2.06. The van der Waals surface area contributed by atoms with Crippen LogP contribution in [0.2, 0.25) is 5.02 Å². The molecule has 4 heteroatoms. The molecule has 92 valence electrons. The Morgan fingerprint density at radius 1 is 1.38 bits per heavy atom. The van der Waals surface area contributed by atoms with Crippen molar-refractivity contribution in [2.45, 2.75) is 45.6 Å². The molecule has 0 bridgehead atoms. The minimum atomic E-state index is 0.604. The second-order valence-corrected chi connectivity index (χ2v) is 7.12. The molecule has 0 aliphatic heterocycles. The lowest BCUT2D eigenvalue weighted by molar-refractivity contribution is 0.549. The predicted molar refractivity (Wildman–Crippen MR) is 77.7 cm³/mol. The maximum atomic E-state index is 5.98. The smallest absolute Gasteiger partial charge is 0.0887 e. The SMILES string of the molecule is CC(C)NCCCCCc1cc(Cl)c(Br)s1. The number of unbranched alkanes of at least 4 members (excludes halogenated alkanes) is 2. The van der Waals surface area contributed by atoms with E-state index in [1.54, 1.807) is 11.3 Å². The number of nitrogens with one attached hydrogen (secondary N) is 1. The first kappa shape index (κ1) is 14.5. The first-order valence-electron chi connectivity index (χ1n) is 5.76. The van der Waals surface area contributed by atoms with Crippen molar-refractivity contribution in [3.05, 3.63) is 19.8 Å². The molecule has 0 aliphatic carbocycles. The van der Waals surface area contributed by atoms with Crippen LogP contribution in [0.5, 0.6) is 0 Å². The standard InChI is InChI=1S/C12H19BrClNS/c1-9(2)15-7-5-3-4-6-10-8-11(14)12(13)16-10/h8-9,15H,3-7H2,1-2H3. The number of halogens is 2. The molecule has 16 heavy (non-hydrogen) atoms. The first-order chi connectivity index (χ1) is 7.59. The van der Waals surface area contributed by atoms with Gasteiger partial charge in [0, 0.05) is 10.9 Å². The molecule has 1 N–H and O–H groups in total. The van der Waals surface area contributed by atoms with Crippen LogP contribution >= 0.6 is 38.9 Å². The molecule has 0 amide bonds. The summed E-state index contributed by atoms with van der Waals surface area (Å²) in [6.07, 6.45) is 4.95. The highest BCUT2D eigenvalue weighted by Gasteiger charge is 2.03. The van der Waals surface area contributed by atoms with E-state index in [1.165, 1.54) is 24.1 Å². The second kappa shape index (κ2) is 7.70. The first-order valence-corrected chi connectivity index (χ1v) is 7.75. The van der Waals surface area contributed by atoms with E-state index < -0.39 is 0 Å². The van der Waals surface area contributed by atoms with Gasteiger partial charge in [0.25, 0.3) is 0 Å². The van der Waals surface area contributed by atoms with Gasteiger partial charge in [-0.15, -0.1) is 11.3 Å². The Morgan fingerprint density at radius 2 is 2.12 bits per heavy atom. The lowest BCUT2D eigenvalue weighted by atomic mass is 10.1. The molecule has 0 fully saturated rings. The zero-order valence-corrected chi connectivity index (χ0v) is 13.0. The van der Waals surface area contributed by atoms with Gasteiger partial charge in [0.1, 0.15) is 0 Å². The summed E-state index contributed by atoms with van der Waals surface area (Å²) in [5.74, 6) is 0. The van der Waals surface area contributed by atoms with Crippen molar-refractivity contribution in [1.82, 2.24) is 5.32 Å². The van der Waals surface area contributed by atoms with E-state index in [2.05, 4.69) is 41.2 Å². The summed E-state index contributed by atoms with van der Waals surface area (Å²) in [6, 6.07) is 2.68. The minimum absolute atomic E-state index is 0.604. The van der Waals surface area contributed by atoms with Gasteiger partial charge in [-0.05, 0) is 47.8 Å². The van der Waals surface area contributed by atoms with Crippen molar-refractivity contribution in [2.24, 2.45) is 0 Å². The largest absolute Gasteiger partial charge is 0.315 e. The fourth-order valence-electron chi connectivity index (χ4n) is 1.51. The highest BCUT2D eigenvalue weighted by Crippen LogP contribution is 2.32. The monoisotopic (exact) mass is 323 g/mol. The Labute approximate surface area is 116 Å². The van der Waals surface area contributed by atoms with Crippen LogP contribution in [0.25, 0.3) is 0 Å². The average molecular weight is 325 g/mol. The third kappa shape index (κ3) is 5.67. The normalized spacial score (nSPS) is 11.3. The van der Waals surface area contributed by atoms with Crippen LogP contribution in [0, 0.1) is 0 Å². The van der Waals surface area contributed by atoms with Crippen LogP contribution in [0.15, 0.2) is 9.85 Å². The van der Waals surface area contributed by atoms with E-state index in [0.717, 1.165) is 21.8 Å². The van der Waals surface area contributed by atoms with Crippen LogP contribution in [0.1, 0.15) is 38.0 Å². The molecule has 1 nitrogen and oxygen atoms in total. The third-order valence-electron chi connectivity index (χ3n) is 2.35. The summed E-state index contributed by atoms with van der Waals surface area (Å²) in [5, 5.41) is 4.28. The van der Waals surface area contributed by atoms with Crippen LogP contribution in [0.3, 0.4) is 0 Å².